The zero-order valence-electron chi connectivity index (χ0n) is 17.4. The molecule has 1 atom stereocenters. The summed E-state index contributed by atoms with van der Waals surface area (Å²) in [5.74, 6) is -4.93. The number of hydrogen-bond acceptors (Lipinski definition) is 8. The molecule has 0 fully saturated rings. The van der Waals surface area contributed by atoms with E-state index in [1.165, 1.54) is 26.3 Å². The number of hydrogen-bond donors (Lipinski definition) is 0. The Morgan fingerprint density at radius 2 is 1.97 bits per heavy atom. The molecule has 1 aromatic carbocycles. The van der Waals surface area contributed by atoms with Crippen molar-refractivity contribution in [3.8, 4) is 17.6 Å². The fourth-order valence-electron chi connectivity index (χ4n) is 2.77. The van der Waals surface area contributed by atoms with Crippen LogP contribution < -0.4 is 14.4 Å². The van der Waals surface area contributed by atoms with Gasteiger partial charge >= 0.3 is 18.2 Å². The first-order valence-electron chi connectivity index (χ1n) is 9.29. The summed E-state index contributed by atoms with van der Waals surface area (Å²) in [7, 11) is 1.17. The van der Waals surface area contributed by atoms with Crippen molar-refractivity contribution >= 4 is 35.1 Å². The van der Waals surface area contributed by atoms with Gasteiger partial charge in [0.1, 0.15) is 5.82 Å². The average Bonchev–Trinajstić information content (AvgIpc) is 2.75. The Morgan fingerprint density at radius 1 is 1.26 bits per heavy atom. The lowest BCUT2D eigenvalue weighted by Gasteiger charge is -2.26. The Hall–Kier alpha value is -3.74. The zero-order chi connectivity index (χ0) is 25.2. The summed E-state index contributed by atoms with van der Waals surface area (Å²) in [5.41, 5.74) is -2.03. The second-order valence-corrected chi connectivity index (χ2v) is 7.12. The first kappa shape index (κ1) is 24.9. The molecule has 1 aliphatic rings. The van der Waals surface area contributed by atoms with Crippen LogP contribution >= 0.6 is 11.6 Å². The Bertz CT molecular complexity index is 1190. The molecule has 0 saturated carbocycles. The van der Waals surface area contributed by atoms with E-state index < -0.39 is 53.6 Å². The summed E-state index contributed by atoms with van der Waals surface area (Å²) in [6.07, 6.45) is -5.64. The summed E-state index contributed by atoms with van der Waals surface area (Å²) < 4.78 is 68.4. The maximum atomic E-state index is 14.5. The number of carbonyl (C=O) groups excluding carboxylic acids is 3. The van der Waals surface area contributed by atoms with Gasteiger partial charge in [0.15, 0.2) is 11.9 Å². The Morgan fingerprint density at radius 3 is 2.59 bits per heavy atom. The van der Waals surface area contributed by atoms with E-state index in [2.05, 4.69) is 14.7 Å². The fraction of sp³-hybridized carbons (Fsp3) is 0.250. The van der Waals surface area contributed by atoms with E-state index in [1.54, 1.807) is 0 Å². The number of methoxy groups -OCH3 is 1. The molecule has 1 unspecified atom stereocenters. The standard InChI is InChI=1S/C20H14ClF4N3O6/c1-9(18(31)32-2)33-15-3-4-26-19(27-15)34-14-8-13(12(22)7-11(14)21)28-16(29)5-10(6-17(28)30)20(23,24)25/h3-5,7-9H,6H2,1-2H3. The lowest BCUT2D eigenvalue weighted by atomic mass is 10.1. The van der Waals surface area contributed by atoms with E-state index in [1.807, 2.05) is 0 Å². The number of nitrogens with zero attached hydrogens (tertiary/aromatic N) is 3. The van der Waals surface area contributed by atoms with Crippen molar-refractivity contribution in [2.24, 2.45) is 0 Å². The van der Waals surface area contributed by atoms with Gasteiger partial charge in [0.2, 0.25) is 11.8 Å². The third-order valence-corrected chi connectivity index (χ3v) is 4.65. The maximum absolute atomic E-state index is 14.5. The molecule has 9 nitrogen and oxygen atoms in total. The molecule has 1 aliphatic heterocycles. The molecule has 2 amide bonds. The summed E-state index contributed by atoms with van der Waals surface area (Å²) in [5, 5.41) is -0.317. The highest BCUT2D eigenvalue weighted by Gasteiger charge is 2.41. The van der Waals surface area contributed by atoms with Gasteiger partial charge in [-0.1, -0.05) is 11.6 Å². The van der Waals surface area contributed by atoms with Crippen molar-refractivity contribution in [1.29, 1.82) is 0 Å². The summed E-state index contributed by atoms with van der Waals surface area (Å²) >= 11 is 5.97. The third-order valence-electron chi connectivity index (χ3n) is 4.36. The molecule has 1 aromatic heterocycles. The number of halogens is 5. The molecule has 34 heavy (non-hydrogen) atoms. The number of amides is 2. The number of benzene rings is 1. The van der Waals surface area contributed by atoms with Crippen molar-refractivity contribution in [2.45, 2.75) is 25.6 Å². The van der Waals surface area contributed by atoms with Gasteiger partial charge in [0.25, 0.3) is 5.91 Å². The first-order chi connectivity index (χ1) is 15.9. The van der Waals surface area contributed by atoms with Crippen LogP contribution in [0.4, 0.5) is 23.2 Å². The maximum Gasteiger partial charge on any atom is 0.413 e. The topological polar surface area (TPSA) is 108 Å². The molecule has 0 N–H and O–H groups in total. The highest BCUT2D eigenvalue weighted by atomic mass is 35.5. The van der Waals surface area contributed by atoms with Crippen LogP contribution in [0.25, 0.3) is 0 Å². The summed E-state index contributed by atoms with van der Waals surface area (Å²) in [6.45, 7) is 1.41. The van der Waals surface area contributed by atoms with E-state index in [4.69, 9.17) is 21.1 Å². The highest BCUT2D eigenvalue weighted by molar-refractivity contribution is 6.32. The van der Waals surface area contributed by atoms with Gasteiger partial charge in [-0.2, -0.15) is 18.2 Å². The largest absolute Gasteiger partial charge is 0.466 e. The Labute approximate surface area is 193 Å². The number of ether oxygens (including phenoxy) is 3. The second-order valence-electron chi connectivity index (χ2n) is 6.71. The molecular formula is C20H14ClF4N3O6. The van der Waals surface area contributed by atoms with Gasteiger partial charge in [-0.3, -0.25) is 9.59 Å². The van der Waals surface area contributed by atoms with E-state index in [9.17, 15) is 31.9 Å². The fourth-order valence-corrected chi connectivity index (χ4v) is 2.96. The van der Waals surface area contributed by atoms with E-state index >= 15 is 0 Å². The number of aromatic nitrogens is 2. The normalized spacial score (nSPS) is 15.0. The minimum absolute atomic E-state index is 0.0902. The van der Waals surface area contributed by atoms with Gasteiger partial charge in [-0.25, -0.2) is 19.1 Å². The van der Waals surface area contributed by atoms with Crippen LogP contribution in [0.2, 0.25) is 5.02 Å². The van der Waals surface area contributed by atoms with Gasteiger partial charge in [-0.15, -0.1) is 0 Å². The summed E-state index contributed by atoms with van der Waals surface area (Å²) in [6, 6.07) is 2.48. The van der Waals surface area contributed by atoms with Crippen LogP contribution in [-0.4, -0.2) is 47.1 Å². The highest BCUT2D eigenvalue weighted by Crippen LogP contribution is 2.38. The van der Waals surface area contributed by atoms with Crippen molar-refractivity contribution in [1.82, 2.24) is 9.97 Å². The molecule has 2 aromatic rings. The number of rotatable bonds is 6. The number of esters is 1. The van der Waals surface area contributed by atoms with Gasteiger partial charge < -0.3 is 14.2 Å². The van der Waals surface area contributed by atoms with Crippen LogP contribution in [-0.2, 0) is 19.1 Å². The van der Waals surface area contributed by atoms with Crippen molar-refractivity contribution in [3.05, 3.63) is 46.9 Å². The number of carbonyl (C=O) groups is 3. The van der Waals surface area contributed by atoms with Crippen LogP contribution in [0.1, 0.15) is 13.3 Å². The Balaban J connectivity index is 1.90. The molecule has 3 rings (SSSR count). The molecule has 2 heterocycles. The quantitative estimate of drug-likeness (QED) is 0.333. The molecule has 0 saturated heterocycles. The monoisotopic (exact) mass is 503 g/mol. The molecule has 0 bridgehead atoms. The van der Waals surface area contributed by atoms with E-state index in [0.29, 0.717) is 6.07 Å². The zero-order valence-corrected chi connectivity index (χ0v) is 18.1. The second kappa shape index (κ2) is 9.63. The lowest BCUT2D eigenvalue weighted by Crippen LogP contribution is -2.41. The van der Waals surface area contributed by atoms with E-state index in [0.717, 1.165) is 6.07 Å². The molecule has 14 heteroatoms. The average molecular weight is 504 g/mol. The van der Waals surface area contributed by atoms with Crippen LogP contribution in [0.15, 0.2) is 36.0 Å². The SMILES string of the molecule is COC(=O)C(C)Oc1ccnc(Oc2cc(N3C(=O)C=C(C(F)(F)F)CC3=O)c(F)cc2Cl)n1. The molecule has 0 aliphatic carbocycles. The minimum Gasteiger partial charge on any atom is -0.466 e. The smallest absolute Gasteiger partial charge is 0.413 e. The summed E-state index contributed by atoms with van der Waals surface area (Å²) in [4.78, 5) is 43.9. The third kappa shape index (κ3) is 5.42. The first-order valence-corrected chi connectivity index (χ1v) is 9.67. The van der Waals surface area contributed by atoms with Crippen LogP contribution in [0.5, 0.6) is 17.6 Å². The van der Waals surface area contributed by atoms with Gasteiger partial charge in [-0.05, 0) is 13.0 Å². The van der Waals surface area contributed by atoms with Crippen molar-refractivity contribution < 1.29 is 46.2 Å². The van der Waals surface area contributed by atoms with E-state index in [-0.39, 0.29) is 33.6 Å². The molecular weight excluding hydrogens is 490 g/mol. The van der Waals surface area contributed by atoms with Crippen molar-refractivity contribution in [3.63, 3.8) is 0 Å². The number of anilines is 1. The van der Waals surface area contributed by atoms with Crippen LogP contribution in [0.3, 0.4) is 0 Å². The van der Waals surface area contributed by atoms with Crippen molar-refractivity contribution in [2.75, 3.05) is 12.0 Å². The van der Waals surface area contributed by atoms with Crippen LogP contribution in [0, 0.1) is 5.82 Å². The number of imide groups is 1. The predicted octanol–water partition coefficient (Wildman–Crippen LogP) is 3.75. The number of alkyl halides is 3. The van der Waals surface area contributed by atoms with Gasteiger partial charge in [0.05, 0.1) is 24.2 Å². The Kier molecular flexibility index (Phi) is 7.05. The molecule has 0 spiro atoms. The van der Waals surface area contributed by atoms with Gasteiger partial charge in [0, 0.05) is 30.0 Å². The lowest BCUT2D eigenvalue weighted by molar-refractivity contribution is -0.148. The predicted molar refractivity (Wildman–Crippen MR) is 107 cm³/mol. The minimum atomic E-state index is -4.89. The molecule has 180 valence electrons. The molecule has 0 radical (unpaired) electrons.